The van der Waals surface area contributed by atoms with Gasteiger partial charge in [-0.3, -0.25) is 9.78 Å². The molecular formula is C23H26FN3O3. The first-order chi connectivity index (χ1) is 14.5. The number of anilines is 1. The SMILES string of the molecule is CCC[C@@H](Nc1c(COC)cnc2c(C(N)=O)cccc12)c1ccc(OC)c(F)c1. The maximum atomic E-state index is 14.4. The minimum absolute atomic E-state index is 0.158. The highest BCUT2D eigenvalue weighted by Gasteiger charge is 2.19. The standard InChI is InChI=1S/C23H26FN3O3/c1-4-6-19(14-9-10-20(30-3)18(24)11-14)27-21-15(13-29-2)12-26-22-16(21)7-5-8-17(22)23(25)28/h5,7-12,19H,4,6,13H2,1-3H3,(H2,25,28)(H,26,27)/t19-/m1/s1. The van der Waals surface area contributed by atoms with Crippen molar-refractivity contribution in [2.75, 3.05) is 19.5 Å². The van der Waals surface area contributed by atoms with Crippen molar-refractivity contribution in [3.8, 4) is 5.75 Å². The number of pyridine rings is 1. The minimum Gasteiger partial charge on any atom is -0.494 e. The van der Waals surface area contributed by atoms with Crippen LogP contribution < -0.4 is 15.8 Å². The van der Waals surface area contributed by atoms with Gasteiger partial charge in [0.05, 0.1) is 36.5 Å². The molecule has 3 aromatic rings. The third kappa shape index (κ3) is 4.36. The predicted molar refractivity (Wildman–Crippen MR) is 115 cm³/mol. The van der Waals surface area contributed by atoms with Crippen molar-refractivity contribution in [1.29, 1.82) is 0 Å². The Morgan fingerprint density at radius 2 is 2.07 bits per heavy atom. The Hall–Kier alpha value is -3.19. The van der Waals surface area contributed by atoms with Gasteiger partial charge < -0.3 is 20.5 Å². The van der Waals surface area contributed by atoms with Crippen molar-refractivity contribution < 1.29 is 18.7 Å². The molecule has 3 rings (SSSR count). The monoisotopic (exact) mass is 411 g/mol. The second-order valence-electron chi connectivity index (χ2n) is 7.04. The van der Waals surface area contributed by atoms with Gasteiger partial charge in [0.1, 0.15) is 0 Å². The molecule has 0 spiro atoms. The van der Waals surface area contributed by atoms with Gasteiger partial charge in [-0.25, -0.2) is 4.39 Å². The lowest BCUT2D eigenvalue weighted by Crippen LogP contribution is -2.15. The van der Waals surface area contributed by atoms with E-state index in [1.165, 1.54) is 13.2 Å². The van der Waals surface area contributed by atoms with Gasteiger partial charge in [-0.15, -0.1) is 0 Å². The summed E-state index contributed by atoms with van der Waals surface area (Å²) in [6.07, 6.45) is 3.34. The Morgan fingerprint density at radius 1 is 1.27 bits per heavy atom. The molecular weight excluding hydrogens is 385 g/mol. The van der Waals surface area contributed by atoms with Gasteiger partial charge in [0, 0.05) is 24.3 Å². The Kier molecular flexibility index (Phi) is 6.84. The number of methoxy groups -OCH3 is 2. The smallest absolute Gasteiger partial charge is 0.250 e. The molecule has 0 aliphatic heterocycles. The number of para-hydroxylation sites is 1. The van der Waals surface area contributed by atoms with E-state index in [4.69, 9.17) is 15.2 Å². The van der Waals surface area contributed by atoms with Crippen molar-refractivity contribution >= 4 is 22.5 Å². The zero-order valence-electron chi connectivity index (χ0n) is 17.4. The highest BCUT2D eigenvalue weighted by Crippen LogP contribution is 2.34. The number of aromatic nitrogens is 1. The third-order valence-corrected chi connectivity index (χ3v) is 5.02. The molecule has 0 radical (unpaired) electrons. The van der Waals surface area contributed by atoms with Gasteiger partial charge in [-0.2, -0.15) is 0 Å². The molecule has 30 heavy (non-hydrogen) atoms. The molecule has 1 atom stereocenters. The van der Waals surface area contributed by atoms with E-state index >= 15 is 0 Å². The number of nitrogens with two attached hydrogens (primary N) is 1. The van der Waals surface area contributed by atoms with Gasteiger partial charge in [0.2, 0.25) is 0 Å². The van der Waals surface area contributed by atoms with Gasteiger partial charge in [0.25, 0.3) is 5.91 Å². The lowest BCUT2D eigenvalue weighted by atomic mass is 9.99. The summed E-state index contributed by atoms with van der Waals surface area (Å²) in [4.78, 5) is 16.3. The molecule has 1 amide bonds. The van der Waals surface area contributed by atoms with Crippen molar-refractivity contribution in [3.05, 3.63) is 65.1 Å². The summed E-state index contributed by atoms with van der Waals surface area (Å²) in [5.74, 6) is -0.749. The Bertz CT molecular complexity index is 1060. The predicted octanol–water partition coefficient (Wildman–Crippen LogP) is 4.58. The molecule has 0 unspecified atom stereocenters. The molecule has 0 fully saturated rings. The second kappa shape index (κ2) is 9.54. The molecule has 158 valence electrons. The van der Waals surface area contributed by atoms with Crippen LogP contribution in [0.15, 0.2) is 42.6 Å². The number of amides is 1. The topological polar surface area (TPSA) is 86.5 Å². The molecule has 0 saturated heterocycles. The molecule has 0 bridgehead atoms. The normalized spacial score (nSPS) is 12.0. The third-order valence-electron chi connectivity index (χ3n) is 5.02. The van der Waals surface area contributed by atoms with E-state index in [0.29, 0.717) is 17.7 Å². The van der Waals surface area contributed by atoms with Gasteiger partial charge in [0.15, 0.2) is 11.6 Å². The second-order valence-corrected chi connectivity index (χ2v) is 7.04. The van der Waals surface area contributed by atoms with Crippen LogP contribution in [0.25, 0.3) is 10.9 Å². The Morgan fingerprint density at radius 3 is 2.70 bits per heavy atom. The average molecular weight is 411 g/mol. The highest BCUT2D eigenvalue weighted by atomic mass is 19.1. The number of primary amides is 1. The Labute approximate surface area is 175 Å². The van der Waals surface area contributed by atoms with E-state index < -0.39 is 11.7 Å². The molecule has 0 aliphatic rings. The minimum atomic E-state index is -0.541. The fraction of sp³-hybridized carbons (Fsp3) is 0.304. The van der Waals surface area contributed by atoms with Gasteiger partial charge in [-0.05, 0) is 30.2 Å². The number of halogens is 1. The van der Waals surface area contributed by atoms with Crippen LogP contribution in [-0.4, -0.2) is 25.1 Å². The fourth-order valence-corrected chi connectivity index (χ4v) is 3.58. The summed E-state index contributed by atoms with van der Waals surface area (Å²) < 4.78 is 24.7. The molecule has 3 N–H and O–H groups in total. The molecule has 7 heteroatoms. The highest BCUT2D eigenvalue weighted by molar-refractivity contribution is 6.08. The summed E-state index contributed by atoms with van der Waals surface area (Å²) in [5, 5.41) is 4.30. The molecule has 0 saturated carbocycles. The summed E-state index contributed by atoms with van der Waals surface area (Å²) in [6.45, 7) is 2.41. The van der Waals surface area contributed by atoms with E-state index in [9.17, 15) is 9.18 Å². The van der Waals surface area contributed by atoms with Crippen LogP contribution in [0.4, 0.5) is 10.1 Å². The van der Waals surface area contributed by atoms with E-state index in [1.54, 1.807) is 31.5 Å². The number of fused-ring (bicyclic) bond motifs is 1. The van der Waals surface area contributed by atoms with Crippen molar-refractivity contribution in [1.82, 2.24) is 4.98 Å². The van der Waals surface area contributed by atoms with Crippen LogP contribution in [0.5, 0.6) is 5.75 Å². The first-order valence-corrected chi connectivity index (χ1v) is 9.79. The van der Waals surface area contributed by atoms with Crippen LogP contribution in [0, 0.1) is 5.82 Å². The Balaban J connectivity index is 2.12. The van der Waals surface area contributed by atoms with Gasteiger partial charge in [-0.1, -0.05) is 31.5 Å². The zero-order valence-corrected chi connectivity index (χ0v) is 17.4. The van der Waals surface area contributed by atoms with Crippen molar-refractivity contribution in [2.24, 2.45) is 5.73 Å². The lowest BCUT2D eigenvalue weighted by Gasteiger charge is -2.24. The number of hydrogen-bond acceptors (Lipinski definition) is 5. The summed E-state index contributed by atoms with van der Waals surface area (Å²) >= 11 is 0. The van der Waals surface area contributed by atoms with Crippen molar-refractivity contribution in [3.63, 3.8) is 0 Å². The summed E-state index contributed by atoms with van der Waals surface area (Å²) in [7, 11) is 3.05. The largest absolute Gasteiger partial charge is 0.494 e. The van der Waals surface area contributed by atoms with E-state index in [0.717, 1.165) is 35.0 Å². The number of carbonyl (C=O) groups excluding carboxylic acids is 1. The molecule has 1 heterocycles. The van der Waals surface area contributed by atoms with E-state index in [1.807, 2.05) is 12.1 Å². The maximum absolute atomic E-state index is 14.4. The number of rotatable bonds is 9. The van der Waals surface area contributed by atoms with Crippen LogP contribution in [0.1, 0.15) is 47.3 Å². The van der Waals surface area contributed by atoms with E-state index in [2.05, 4.69) is 17.2 Å². The molecule has 1 aromatic heterocycles. The molecule has 0 aliphatic carbocycles. The number of carbonyl (C=O) groups is 1. The first kappa shape index (κ1) is 21.5. The van der Waals surface area contributed by atoms with Crippen LogP contribution in [0.2, 0.25) is 0 Å². The van der Waals surface area contributed by atoms with Crippen LogP contribution >= 0.6 is 0 Å². The number of benzene rings is 2. The average Bonchev–Trinajstić information content (AvgIpc) is 2.74. The van der Waals surface area contributed by atoms with E-state index in [-0.39, 0.29) is 11.8 Å². The summed E-state index contributed by atoms with van der Waals surface area (Å²) in [5.41, 5.74) is 8.83. The molecule has 2 aromatic carbocycles. The van der Waals surface area contributed by atoms with Gasteiger partial charge >= 0.3 is 0 Å². The zero-order chi connectivity index (χ0) is 21.7. The van der Waals surface area contributed by atoms with Crippen molar-refractivity contribution in [2.45, 2.75) is 32.4 Å². The van der Waals surface area contributed by atoms with Crippen LogP contribution in [-0.2, 0) is 11.3 Å². The number of nitrogens with one attached hydrogen (secondary N) is 1. The first-order valence-electron chi connectivity index (χ1n) is 9.79. The number of nitrogens with zero attached hydrogens (tertiary/aromatic N) is 1. The quantitative estimate of drug-likeness (QED) is 0.538. The van der Waals surface area contributed by atoms with Crippen LogP contribution in [0.3, 0.4) is 0 Å². The molecule has 6 nitrogen and oxygen atoms in total. The number of ether oxygens (including phenoxy) is 2. The summed E-state index contributed by atoms with van der Waals surface area (Å²) in [6, 6.07) is 10.1. The fourth-order valence-electron chi connectivity index (χ4n) is 3.58. The number of hydrogen-bond donors (Lipinski definition) is 2. The maximum Gasteiger partial charge on any atom is 0.250 e. The lowest BCUT2D eigenvalue weighted by molar-refractivity contribution is 0.100.